The Morgan fingerprint density at radius 1 is 1.50 bits per heavy atom. The molecule has 18 heavy (non-hydrogen) atoms. The first-order valence-corrected chi connectivity index (χ1v) is 5.59. The Morgan fingerprint density at radius 3 is 2.83 bits per heavy atom. The van der Waals surface area contributed by atoms with Gasteiger partial charge in [-0.25, -0.2) is 20.2 Å². The summed E-state index contributed by atoms with van der Waals surface area (Å²) in [6.45, 7) is 6.18. The van der Waals surface area contributed by atoms with E-state index in [0.717, 1.165) is 0 Å². The zero-order chi connectivity index (χ0) is 13.5. The third-order valence-electron chi connectivity index (χ3n) is 1.87. The van der Waals surface area contributed by atoms with Gasteiger partial charge in [-0.15, -0.1) is 0 Å². The maximum atomic E-state index is 11.5. The van der Waals surface area contributed by atoms with Gasteiger partial charge in [0, 0.05) is 0 Å². The highest BCUT2D eigenvalue weighted by Crippen LogP contribution is 2.17. The summed E-state index contributed by atoms with van der Waals surface area (Å²) in [5.74, 6) is 0.835. The van der Waals surface area contributed by atoms with Crippen molar-refractivity contribution in [3.63, 3.8) is 0 Å². The number of anilines is 1. The standard InChI is InChI=1S/C11H18N4O3/c1-7(2)6-18-15-11(16)14-9-10(17-4)13-8(3)5-12-9/h5,7H,6H2,1-4H3,(H2,12,14,15,16). The molecule has 7 heteroatoms. The largest absolute Gasteiger partial charge is 0.478 e. The monoisotopic (exact) mass is 254 g/mol. The molecule has 2 amide bonds. The number of aromatic nitrogens is 2. The fourth-order valence-corrected chi connectivity index (χ4v) is 1.09. The Hall–Kier alpha value is -1.89. The van der Waals surface area contributed by atoms with E-state index >= 15 is 0 Å². The van der Waals surface area contributed by atoms with Crippen molar-refractivity contribution in [1.29, 1.82) is 0 Å². The van der Waals surface area contributed by atoms with Crippen molar-refractivity contribution in [3.8, 4) is 5.88 Å². The molecule has 0 spiro atoms. The van der Waals surface area contributed by atoms with Crippen molar-refractivity contribution >= 4 is 11.8 Å². The van der Waals surface area contributed by atoms with Gasteiger partial charge in [0.2, 0.25) is 0 Å². The van der Waals surface area contributed by atoms with E-state index in [1.54, 1.807) is 6.92 Å². The fourth-order valence-electron chi connectivity index (χ4n) is 1.09. The molecule has 1 aromatic rings. The quantitative estimate of drug-likeness (QED) is 0.778. The van der Waals surface area contributed by atoms with Crippen molar-refractivity contribution in [3.05, 3.63) is 11.9 Å². The first-order chi connectivity index (χ1) is 8.52. The van der Waals surface area contributed by atoms with Crippen LogP contribution in [-0.4, -0.2) is 29.7 Å². The number of hydrogen-bond acceptors (Lipinski definition) is 5. The van der Waals surface area contributed by atoms with Crippen LogP contribution in [0.1, 0.15) is 19.5 Å². The van der Waals surface area contributed by atoms with Gasteiger partial charge in [0.15, 0.2) is 5.82 Å². The van der Waals surface area contributed by atoms with Crippen LogP contribution in [0.15, 0.2) is 6.20 Å². The summed E-state index contributed by atoms with van der Waals surface area (Å²) < 4.78 is 5.01. The molecule has 0 unspecified atom stereocenters. The van der Waals surface area contributed by atoms with Crippen LogP contribution in [-0.2, 0) is 4.84 Å². The molecule has 0 aromatic carbocycles. The van der Waals surface area contributed by atoms with Gasteiger partial charge in [-0.05, 0) is 12.8 Å². The maximum Gasteiger partial charge on any atom is 0.344 e. The number of ether oxygens (including phenoxy) is 1. The third-order valence-corrected chi connectivity index (χ3v) is 1.87. The van der Waals surface area contributed by atoms with Crippen molar-refractivity contribution in [2.75, 3.05) is 19.0 Å². The number of urea groups is 1. The van der Waals surface area contributed by atoms with Gasteiger partial charge in [-0.3, -0.25) is 10.2 Å². The Morgan fingerprint density at radius 2 is 2.22 bits per heavy atom. The van der Waals surface area contributed by atoms with Crippen LogP contribution in [0.25, 0.3) is 0 Å². The van der Waals surface area contributed by atoms with Gasteiger partial charge in [0.25, 0.3) is 5.88 Å². The van der Waals surface area contributed by atoms with E-state index in [0.29, 0.717) is 18.2 Å². The lowest BCUT2D eigenvalue weighted by Gasteiger charge is -2.10. The number of methoxy groups -OCH3 is 1. The number of aryl methyl sites for hydroxylation is 1. The fraction of sp³-hybridized carbons (Fsp3) is 0.545. The van der Waals surface area contributed by atoms with Crippen LogP contribution < -0.4 is 15.5 Å². The van der Waals surface area contributed by atoms with E-state index in [1.807, 2.05) is 13.8 Å². The number of rotatable bonds is 5. The highest BCUT2D eigenvalue weighted by Gasteiger charge is 2.10. The maximum absolute atomic E-state index is 11.5. The molecule has 0 radical (unpaired) electrons. The van der Waals surface area contributed by atoms with Crippen LogP contribution in [0.2, 0.25) is 0 Å². The molecule has 0 saturated carbocycles. The Labute approximate surface area is 106 Å². The molecule has 0 aliphatic carbocycles. The summed E-state index contributed by atoms with van der Waals surface area (Å²) in [5.41, 5.74) is 2.96. The van der Waals surface area contributed by atoms with E-state index in [9.17, 15) is 4.79 Å². The Balaban J connectivity index is 2.53. The Kier molecular flexibility index (Phi) is 5.31. The molecule has 0 aliphatic rings. The van der Waals surface area contributed by atoms with Crippen LogP contribution >= 0.6 is 0 Å². The smallest absolute Gasteiger partial charge is 0.344 e. The van der Waals surface area contributed by atoms with Crippen LogP contribution in [0, 0.1) is 12.8 Å². The van der Waals surface area contributed by atoms with E-state index in [1.165, 1.54) is 13.3 Å². The molecule has 2 N–H and O–H groups in total. The minimum Gasteiger partial charge on any atom is -0.478 e. The molecule has 0 saturated heterocycles. The Bertz CT molecular complexity index is 409. The normalized spacial score (nSPS) is 10.3. The average Bonchev–Trinajstić information content (AvgIpc) is 2.31. The van der Waals surface area contributed by atoms with Crippen molar-refractivity contribution < 1.29 is 14.4 Å². The van der Waals surface area contributed by atoms with Crippen LogP contribution in [0.3, 0.4) is 0 Å². The summed E-state index contributed by atoms with van der Waals surface area (Å²) in [6, 6.07) is -0.521. The molecule has 0 bridgehead atoms. The van der Waals surface area contributed by atoms with E-state index in [-0.39, 0.29) is 11.7 Å². The van der Waals surface area contributed by atoms with Crippen LogP contribution in [0.4, 0.5) is 10.6 Å². The van der Waals surface area contributed by atoms with E-state index < -0.39 is 6.03 Å². The predicted octanol–water partition coefficient (Wildman–Crippen LogP) is 1.50. The van der Waals surface area contributed by atoms with Gasteiger partial charge in [0.1, 0.15) is 0 Å². The number of nitrogens with one attached hydrogen (secondary N) is 2. The molecule has 0 aliphatic heterocycles. The number of carbonyl (C=O) groups excluding carboxylic acids is 1. The van der Waals surface area contributed by atoms with E-state index in [2.05, 4.69) is 20.8 Å². The second-order valence-electron chi connectivity index (χ2n) is 4.13. The minimum atomic E-state index is -0.521. The summed E-state index contributed by atoms with van der Waals surface area (Å²) >= 11 is 0. The van der Waals surface area contributed by atoms with Crippen LogP contribution in [0.5, 0.6) is 5.88 Å². The highest BCUT2D eigenvalue weighted by atomic mass is 16.7. The molecular formula is C11H18N4O3. The average molecular weight is 254 g/mol. The molecule has 7 nitrogen and oxygen atoms in total. The van der Waals surface area contributed by atoms with Gasteiger partial charge in [-0.1, -0.05) is 13.8 Å². The van der Waals surface area contributed by atoms with Gasteiger partial charge in [0.05, 0.1) is 25.6 Å². The molecule has 1 heterocycles. The number of carbonyl (C=O) groups is 1. The zero-order valence-corrected chi connectivity index (χ0v) is 11.0. The van der Waals surface area contributed by atoms with Crippen molar-refractivity contribution in [2.45, 2.75) is 20.8 Å². The lowest BCUT2D eigenvalue weighted by atomic mass is 10.2. The summed E-state index contributed by atoms with van der Waals surface area (Å²) in [4.78, 5) is 24.6. The first kappa shape index (κ1) is 14.2. The molecule has 0 atom stereocenters. The molecular weight excluding hydrogens is 236 g/mol. The summed E-state index contributed by atoms with van der Waals surface area (Å²) in [6.07, 6.45) is 1.53. The second kappa shape index (κ2) is 6.75. The summed E-state index contributed by atoms with van der Waals surface area (Å²) in [7, 11) is 1.46. The lowest BCUT2D eigenvalue weighted by molar-refractivity contribution is 0.0481. The first-order valence-electron chi connectivity index (χ1n) is 5.59. The molecule has 100 valence electrons. The number of hydroxylamine groups is 1. The second-order valence-corrected chi connectivity index (χ2v) is 4.13. The van der Waals surface area contributed by atoms with Crippen molar-refractivity contribution in [2.24, 2.45) is 5.92 Å². The molecule has 1 rings (SSSR count). The number of hydrogen-bond donors (Lipinski definition) is 2. The minimum absolute atomic E-state index is 0.244. The number of nitrogens with zero attached hydrogens (tertiary/aromatic N) is 2. The highest BCUT2D eigenvalue weighted by molar-refractivity contribution is 5.88. The van der Waals surface area contributed by atoms with Gasteiger partial charge < -0.3 is 4.74 Å². The lowest BCUT2D eigenvalue weighted by Crippen LogP contribution is -2.30. The van der Waals surface area contributed by atoms with E-state index in [4.69, 9.17) is 9.57 Å². The third kappa shape index (κ3) is 4.54. The van der Waals surface area contributed by atoms with Crippen molar-refractivity contribution in [1.82, 2.24) is 15.4 Å². The molecule has 1 aromatic heterocycles. The zero-order valence-electron chi connectivity index (χ0n) is 11.0. The topological polar surface area (TPSA) is 85.4 Å². The predicted molar refractivity (Wildman–Crippen MR) is 66.3 cm³/mol. The number of amides is 2. The van der Waals surface area contributed by atoms with Gasteiger partial charge in [-0.2, -0.15) is 0 Å². The SMILES string of the molecule is COc1nc(C)cnc1NC(=O)NOCC(C)C. The van der Waals surface area contributed by atoms with Gasteiger partial charge >= 0.3 is 6.03 Å². The molecule has 0 fully saturated rings. The summed E-state index contributed by atoms with van der Waals surface area (Å²) in [5, 5.41) is 2.49.